The number of benzene rings is 3. The van der Waals surface area contributed by atoms with Gasteiger partial charge >= 0.3 is 0 Å². The third-order valence-corrected chi connectivity index (χ3v) is 8.49. The lowest BCUT2D eigenvalue weighted by molar-refractivity contribution is -0.384. The minimum absolute atomic E-state index is 0.0353. The van der Waals surface area contributed by atoms with Gasteiger partial charge in [0.2, 0.25) is 0 Å². The topological polar surface area (TPSA) is 104 Å². The van der Waals surface area contributed by atoms with Gasteiger partial charge in [0.05, 0.1) is 23.3 Å². The Morgan fingerprint density at radius 1 is 0.952 bits per heavy atom. The van der Waals surface area contributed by atoms with Crippen LogP contribution in [-0.2, 0) is 6.42 Å². The predicted molar refractivity (Wildman–Crippen MR) is 163 cm³/mol. The summed E-state index contributed by atoms with van der Waals surface area (Å²) in [4.78, 5) is 43.5. The summed E-state index contributed by atoms with van der Waals surface area (Å²) in [6, 6.07) is 21.6. The van der Waals surface area contributed by atoms with Crippen molar-refractivity contribution in [1.29, 1.82) is 0 Å². The van der Waals surface area contributed by atoms with Crippen LogP contribution in [0.2, 0.25) is 0 Å². The number of hydrogen-bond acceptors (Lipinski definition) is 7. The molecule has 9 heteroatoms. The lowest BCUT2D eigenvalue weighted by atomic mass is 9.81. The first kappa shape index (κ1) is 27.3. The molecule has 42 heavy (non-hydrogen) atoms. The molecule has 0 saturated heterocycles. The first-order valence-corrected chi connectivity index (χ1v) is 14.3. The molecule has 0 unspecified atom stereocenters. The molecule has 0 radical (unpaired) electrons. The van der Waals surface area contributed by atoms with E-state index in [9.17, 15) is 19.7 Å². The summed E-state index contributed by atoms with van der Waals surface area (Å²) < 4.78 is 6.98. The Kier molecular flexibility index (Phi) is 7.04. The molecule has 0 aliphatic heterocycles. The predicted octanol–water partition coefficient (Wildman–Crippen LogP) is 7.07. The van der Waals surface area contributed by atoms with E-state index >= 15 is 0 Å². The van der Waals surface area contributed by atoms with Crippen molar-refractivity contribution in [3.8, 4) is 33.3 Å². The van der Waals surface area contributed by atoms with Crippen molar-refractivity contribution < 1.29 is 14.5 Å². The quantitative estimate of drug-likeness (QED) is 0.158. The van der Waals surface area contributed by atoms with E-state index in [1.165, 1.54) is 23.5 Å². The largest absolute Gasteiger partial charge is 0.497 e. The zero-order valence-electron chi connectivity index (χ0n) is 23.3. The van der Waals surface area contributed by atoms with Gasteiger partial charge < -0.3 is 4.74 Å². The van der Waals surface area contributed by atoms with Crippen LogP contribution < -0.4 is 10.3 Å². The number of nitrogens with zero attached hydrogens (tertiary/aromatic N) is 3. The zero-order chi connectivity index (χ0) is 29.5. The summed E-state index contributed by atoms with van der Waals surface area (Å²) in [6.45, 7) is 3.96. The van der Waals surface area contributed by atoms with Crippen molar-refractivity contribution in [2.24, 2.45) is 0 Å². The molecular formula is C33H27N3O5S. The molecule has 5 aromatic rings. The Hall–Kier alpha value is -4.89. The first-order chi connectivity index (χ1) is 20.2. The maximum atomic E-state index is 14.3. The van der Waals surface area contributed by atoms with Crippen LogP contribution in [0.1, 0.15) is 45.1 Å². The number of hydrogen-bond donors (Lipinski definition) is 0. The van der Waals surface area contributed by atoms with Crippen molar-refractivity contribution in [3.63, 3.8) is 0 Å². The number of aromatic nitrogens is 2. The van der Waals surface area contributed by atoms with E-state index in [0.717, 1.165) is 22.4 Å². The van der Waals surface area contributed by atoms with Crippen LogP contribution in [0.15, 0.2) is 83.0 Å². The molecule has 2 heterocycles. The highest BCUT2D eigenvalue weighted by atomic mass is 32.1. The Bertz CT molecular complexity index is 1900. The fourth-order valence-corrected chi connectivity index (χ4v) is 6.50. The van der Waals surface area contributed by atoms with Gasteiger partial charge in [-0.2, -0.15) is 0 Å². The number of Topliss-reactive ketones (excluding diaryl/α,β-unsaturated/α-hetero) is 1. The van der Waals surface area contributed by atoms with Gasteiger partial charge in [-0.15, -0.1) is 11.3 Å². The van der Waals surface area contributed by atoms with Gasteiger partial charge in [-0.05, 0) is 73.2 Å². The Labute approximate surface area is 246 Å². The number of thiazole rings is 1. The molecule has 1 aliphatic rings. The number of carbonyl (C=O) groups excluding carboxylic acids is 1. The Morgan fingerprint density at radius 2 is 1.69 bits per heavy atom. The third-order valence-electron chi connectivity index (χ3n) is 7.61. The number of ether oxygens (including phenoxy) is 1. The lowest BCUT2D eigenvalue weighted by Gasteiger charge is -2.28. The standard InChI is InChI=1S/C33H27N3O5S/c1-19-11-20(2)13-25(12-19)35-30-15-23(21-7-9-26(41-3)10-8-21)16-31(37)27(30)17-28(33(35)38)32-34-29(18-42-32)22-5-4-6-24(14-22)36(39)40/h4-14,17-18,23H,15-16H2,1-3H3/t23-/m0/s1. The van der Waals surface area contributed by atoms with Crippen LogP contribution in [0.25, 0.3) is 27.5 Å². The van der Waals surface area contributed by atoms with Crippen LogP contribution in [0.4, 0.5) is 5.69 Å². The highest BCUT2D eigenvalue weighted by Gasteiger charge is 2.31. The summed E-state index contributed by atoms with van der Waals surface area (Å²) in [5, 5.41) is 13.5. The first-order valence-electron chi connectivity index (χ1n) is 13.5. The van der Waals surface area contributed by atoms with Gasteiger partial charge in [-0.25, -0.2) is 4.98 Å². The molecule has 0 bridgehead atoms. The molecule has 210 valence electrons. The molecule has 0 fully saturated rings. The number of rotatable bonds is 6. The van der Waals surface area contributed by atoms with E-state index in [0.29, 0.717) is 51.6 Å². The number of nitro benzene ring substituents is 1. The van der Waals surface area contributed by atoms with E-state index in [1.54, 1.807) is 35.3 Å². The average Bonchev–Trinajstić information content (AvgIpc) is 3.46. The minimum atomic E-state index is -0.451. The van der Waals surface area contributed by atoms with Crippen LogP contribution in [0, 0.1) is 24.0 Å². The van der Waals surface area contributed by atoms with Gasteiger partial charge in [0, 0.05) is 46.4 Å². The summed E-state index contributed by atoms with van der Waals surface area (Å²) >= 11 is 1.27. The molecule has 0 spiro atoms. The zero-order valence-corrected chi connectivity index (χ0v) is 24.1. The fraction of sp³-hybridized carbons (Fsp3) is 0.182. The molecule has 1 atom stereocenters. The second kappa shape index (κ2) is 10.8. The van der Waals surface area contributed by atoms with Crippen molar-refractivity contribution in [1.82, 2.24) is 9.55 Å². The average molecular weight is 578 g/mol. The number of non-ortho nitro benzene ring substituents is 1. The number of pyridine rings is 1. The maximum Gasteiger partial charge on any atom is 0.270 e. The lowest BCUT2D eigenvalue weighted by Crippen LogP contribution is -2.31. The summed E-state index contributed by atoms with van der Waals surface area (Å²) in [5.41, 5.74) is 6.06. The van der Waals surface area contributed by atoms with Crippen LogP contribution in [0.3, 0.4) is 0 Å². The van der Waals surface area contributed by atoms with Crippen LogP contribution in [0.5, 0.6) is 5.75 Å². The van der Waals surface area contributed by atoms with Crippen molar-refractivity contribution in [3.05, 3.63) is 127 Å². The number of nitro groups is 1. The second-order valence-corrected chi connectivity index (χ2v) is 11.4. The van der Waals surface area contributed by atoms with Crippen LogP contribution >= 0.6 is 11.3 Å². The summed E-state index contributed by atoms with van der Waals surface area (Å²) in [6.07, 6.45) is 0.841. The molecule has 2 aromatic heterocycles. The van der Waals surface area contributed by atoms with Crippen LogP contribution in [-0.4, -0.2) is 27.4 Å². The van der Waals surface area contributed by atoms with Crippen molar-refractivity contribution in [2.45, 2.75) is 32.6 Å². The van der Waals surface area contributed by atoms with E-state index in [-0.39, 0.29) is 22.9 Å². The van der Waals surface area contributed by atoms with Gasteiger partial charge in [-0.1, -0.05) is 30.3 Å². The van der Waals surface area contributed by atoms with E-state index < -0.39 is 4.92 Å². The van der Waals surface area contributed by atoms with Gasteiger partial charge in [0.25, 0.3) is 11.2 Å². The monoisotopic (exact) mass is 577 g/mol. The summed E-state index contributed by atoms with van der Waals surface area (Å²) in [5.74, 6) is 0.622. The van der Waals surface area contributed by atoms with E-state index in [2.05, 4.69) is 0 Å². The molecule has 6 rings (SSSR count). The molecule has 0 amide bonds. The van der Waals surface area contributed by atoms with Crippen molar-refractivity contribution >= 4 is 22.8 Å². The molecule has 0 N–H and O–H groups in total. The van der Waals surface area contributed by atoms with Gasteiger partial charge in [0.15, 0.2) is 5.78 Å². The highest BCUT2D eigenvalue weighted by Crippen LogP contribution is 2.37. The number of aryl methyl sites for hydroxylation is 2. The number of methoxy groups -OCH3 is 1. The number of ketones is 1. The second-order valence-electron chi connectivity index (χ2n) is 10.6. The molecule has 1 aliphatic carbocycles. The SMILES string of the molecule is COc1ccc([C@@H]2CC(=O)c3cc(-c4nc(-c5cccc([N+](=O)[O-])c5)cs4)c(=O)n(-c4cc(C)cc(C)c4)c3C2)cc1. The maximum absolute atomic E-state index is 14.3. The van der Waals surface area contributed by atoms with E-state index in [1.807, 2.05) is 56.3 Å². The molecule has 3 aromatic carbocycles. The van der Waals surface area contributed by atoms with Crippen molar-refractivity contribution in [2.75, 3.05) is 7.11 Å². The fourth-order valence-electron chi connectivity index (χ4n) is 5.66. The van der Waals surface area contributed by atoms with E-state index in [4.69, 9.17) is 9.72 Å². The Morgan fingerprint density at radius 3 is 2.38 bits per heavy atom. The molecular weight excluding hydrogens is 550 g/mol. The molecule has 8 nitrogen and oxygen atoms in total. The third kappa shape index (κ3) is 5.03. The molecule has 0 saturated carbocycles. The number of carbonyl (C=O) groups is 1. The number of fused-ring (bicyclic) bond motifs is 1. The minimum Gasteiger partial charge on any atom is -0.497 e. The Balaban J connectivity index is 1.51. The highest BCUT2D eigenvalue weighted by molar-refractivity contribution is 7.13. The smallest absolute Gasteiger partial charge is 0.270 e. The normalized spacial score (nSPS) is 14.5. The summed E-state index contributed by atoms with van der Waals surface area (Å²) in [7, 11) is 1.62. The van der Waals surface area contributed by atoms with Gasteiger partial charge in [-0.3, -0.25) is 24.3 Å². The van der Waals surface area contributed by atoms with Gasteiger partial charge in [0.1, 0.15) is 10.8 Å².